The lowest BCUT2D eigenvalue weighted by molar-refractivity contribution is -0.121. The third kappa shape index (κ3) is 5.10. The average Bonchev–Trinajstić information content (AvgIpc) is 3.12. The van der Waals surface area contributed by atoms with Crippen LogP contribution in [0.4, 0.5) is 0 Å². The normalized spacial score (nSPS) is 10.8. The molecule has 2 aromatic carbocycles. The van der Waals surface area contributed by atoms with Gasteiger partial charge in [0.05, 0.1) is 18.3 Å². The molecule has 28 heavy (non-hydrogen) atoms. The van der Waals surface area contributed by atoms with Crippen molar-refractivity contribution in [2.45, 2.75) is 32.7 Å². The van der Waals surface area contributed by atoms with Crippen molar-refractivity contribution in [2.75, 3.05) is 6.61 Å². The first kappa shape index (κ1) is 19.9. The first-order valence-corrected chi connectivity index (χ1v) is 9.59. The molecular weight excluding hydrogens is 378 g/mol. The molecule has 0 fully saturated rings. The Hall–Kier alpha value is -2.86. The monoisotopic (exact) mass is 399 g/mol. The average molecular weight is 400 g/mol. The predicted molar refractivity (Wildman–Crippen MR) is 109 cm³/mol. The Bertz CT molecular complexity index is 967. The Labute approximate surface area is 168 Å². The van der Waals surface area contributed by atoms with Crippen molar-refractivity contribution in [3.05, 3.63) is 59.2 Å². The van der Waals surface area contributed by atoms with Gasteiger partial charge in [-0.1, -0.05) is 30.7 Å². The highest BCUT2D eigenvalue weighted by Crippen LogP contribution is 2.19. The van der Waals surface area contributed by atoms with E-state index >= 15 is 0 Å². The number of rotatable bonds is 8. The zero-order valence-corrected chi connectivity index (χ0v) is 16.4. The molecule has 3 rings (SSSR count). The van der Waals surface area contributed by atoms with Crippen molar-refractivity contribution in [3.8, 4) is 5.75 Å². The molecule has 0 saturated carbocycles. The fraction of sp³-hybridized carbons (Fsp3) is 0.286. The summed E-state index contributed by atoms with van der Waals surface area (Å²) in [5.74, 6) is 0.382. The fourth-order valence-electron chi connectivity index (χ4n) is 2.73. The molecule has 0 aliphatic rings. The van der Waals surface area contributed by atoms with Gasteiger partial charge in [-0.25, -0.2) is 4.68 Å². The molecule has 6 nitrogen and oxygen atoms in total. The molecule has 0 aliphatic heterocycles. The molecular formula is C21H22ClN3O3. The molecule has 0 atom stereocenters. The SMILES string of the molecule is CCCOc1ccc(CNC(=O)CCC(=O)n2ncc3ccc(Cl)cc32)cc1. The molecule has 3 aromatic rings. The number of carbonyl (C=O) groups is 2. The number of hydrogen-bond donors (Lipinski definition) is 1. The van der Waals surface area contributed by atoms with Crippen LogP contribution < -0.4 is 10.1 Å². The van der Waals surface area contributed by atoms with Crippen LogP contribution in [0, 0.1) is 0 Å². The van der Waals surface area contributed by atoms with Gasteiger partial charge in [0.25, 0.3) is 0 Å². The highest BCUT2D eigenvalue weighted by Gasteiger charge is 2.13. The lowest BCUT2D eigenvalue weighted by atomic mass is 10.2. The minimum absolute atomic E-state index is 0.0684. The lowest BCUT2D eigenvalue weighted by Gasteiger charge is -2.08. The van der Waals surface area contributed by atoms with E-state index < -0.39 is 0 Å². The third-order valence-electron chi connectivity index (χ3n) is 4.22. The molecule has 1 aromatic heterocycles. The number of hydrogen-bond acceptors (Lipinski definition) is 4. The number of nitrogens with one attached hydrogen (secondary N) is 1. The van der Waals surface area contributed by atoms with E-state index in [9.17, 15) is 9.59 Å². The zero-order chi connectivity index (χ0) is 19.9. The van der Waals surface area contributed by atoms with Crippen LogP contribution in [0.1, 0.15) is 36.5 Å². The van der Waals surface area contributed by atoms with Gasteiger partial charge in [0.15, 0.2) is 0 Å². The number of aromatic nitrogens is 2. The van der Waals surface area contributed by atoms with Crippen LogP contribution in [0.15, 0.2) is 48.7 Å². The van der Waals surface area contributed by atoms with Crippen LogP contribution in [0.5, 0.6) is 5.75 Å². The summed E-state index contributed by atoms with van der Waals surface area (Å²) in [5.41, 5.74) is 1.61. The maximum Gasteiger partial charge on any atom is 0.247 e. The van der Waals surface area contributed by atoms with Crippen LogP contribution in [0.3, 0.4) is 0 Å². The quantitative estimate of drug-likeness (QED) is 0.615. The fourth-order valence-corrected chi connectivity index (χ4v) is 2.90. The van der Waals surface area contributed by atoms with Gasteiger partial charge in [0.2, 0.25) is 11.8 Å². The van der Waals surface area contributed by atoms with Crippen molar-refractivity contribution < 1.29 is 14.3 Å². The van der Waals surface area contributed by atoms with Crippen molar-refractivity contribution in [2.24, 2.45) is 0 Å². The van der Waals surface area contributed by atoms with Crippen LogP contribution >= 0.6 is 11.6 Å². The number of carbonyl (C=O) groups excluding carboxylic acids is 2. The number of halogens is 1. The van der Waals surface area contributed by atoms with E-state index in [1.807, 2.05) is 24.3 Å². The molecule has 0 aliphatic carbocycles. The van der Waals surface area contributed by atoms with Gasteiger partial charge in [0.1, 0.15) is 5.75 Å². The highest BCUT2D eigenvalue weighted by atomic mass is 35.5. The molecule has 0 bridgehead atoms. The molecule has 7 heteroatoms. The molecule has 1 heterocycles. The number of amides is 1. The Balaban J connectivity index is 1.48. The predicted octanol–water partition coefficient (Wildman–Crippen LogP) is 4.22. The number of ether oxygens (including phenoxy) is 1. The molecule has 0 saturated heterocycles. The third-order valence-corrected chi connectivity index (χ3v) is 4.46. The number of fused-ring (bicyclic) bond motifs is 1. The minimum atomic E-state index is -0.246. The summed E-state index contributed by atoms with van der Waals surface area (Å²) in [4.78, 5) is 24.5. The van der Waals surface area contributed by atoms with Crippen molar-refractivity contribution in [1.29, 1.82) is 0 Å². The summed E-state index contributed by atoms with van der Waals surface area (Å²) in [6.07, 6.45) is 2.73. The van der Waals surface area contributed by atoms with Crippen LogP contribution in [0.25, 0.3) is 10.9 Å². The molecule has 1 N–H and O–H groups in total. The number of nitrogens with zero attached hydrogens (tertiary/aromatic N) is 2. The van der Waals surface area contributed by atoms with Crippen molar-refractivity contribution >= 4 is 34.3 Å². The van der Waals surface area contributed by atoms with E-state index in [2.05, 4.69) is 17.3 Å². The molecule has 0 spiro atoms. The van der Waals surface area contributed by atoms with Crippen LogP contribution in [-0.2, 0) is 11.3 Å². The summed E-state index contributed by atoms with van der Waals surface area (Å²) < 4.78 is 6.83. The van der Waals surface area contributed by atoms with Crippen LogP contribution in [0.2, 0.25) is 5.02 Å². The summed E-state index contributed by atoms with van der Waals surface area (Å²) in [7, 11) is 0. The maximum atomic E-state index is 12.4. The van der Waals surface area contributed by atoms with E-state index in [-0.39, 0.29) is 24.7 Å². The zero-order valence-electron chi connectivity index (χ0n) is 15.7. The van der Waals surface area contributed by atoms with Gasteiger partial charge in [0, 0.05) is 29.8 Å². The number of benzene rings is 2. The van der Waals surface area contributed by atoms with Gasteiger partial charge in [-0.3, -0.25) is 9.59 Å². The smallest absolute Gasteiger partial charge is 0.247 e. The van der Waals surface area contributed by atoms with Crippen molar-refractivity contribution in [1.82, 2.24) is 15.1 Å². The van der Waals surface area contributed by atoms with Gasteiger partial charge >= 0.3 is 0 Å². The second-order valence-corrected chi connectivity index (χ2v) is 6.86. The summed E-state index contributed by atoms with van der Waals surface area (Å²) in [6, 6.07) is 12.8. The Kier molecular flexibility index (Phi) is 6.66. The van der Waals surface area contributed by atoms with Gasteiger partial charge in [-0.05, 0) is 42.3 Å². The molecule has 146 valence electrons. The minimum Gasteiger partial charge on any atom is -0.494 e. The molecule has 0 radical (unpaired) electrons. The highest BCUT2D eigenvalue weighted by molar-refractivity contribution is 6.31. The Morgan fingerprint density at radius 3 is 2.68 bits per heavy atom. The first-order chi connectivity index (χ1) is 13.6. The maximum absolute atomic E-state index is 12.4. The van der Waals surface area contributed by atoms with Gasteiger partial charge in [-0.15, -0.1) is 0 Å². The second-order valence-electron chi connectivity index (χ2n) is 6.42. The summed E-state index contributed by atoms with van der Waals surface area (Å²) in [6.45, 7) is 3.14. The van der Waals surface area contributed by atoms with Crippen molar-refractivity contribution in [3.63, 3.8) is 0 Å². The van der Waals surface area contributed by atoms with Gasteiger partial charge < -0.3 is 10.1 Å². The summed E-state index contributed by atoms with van der Waals surface area (Å²) in [5, 5.41) is 8.29. The first-order valence-electron chi connectivity index (χ1n) is 9.21. The summed E-state index contributed by atoms with van der Waals surface area (Å²) >= 11 is 5.99. The van der Waals surface area contributed by atoms with E-state index in [0.717, 1.165) is 23.1 Å². The van der Waals surface area contributed by atoms with Gasteiger partial charge in [-0.2, -0.15) is 5.10 Å². The standard InChI is InChI=1S/C21H22ClN3O3/c1-2-11-28-18-7-3-15(4-8-18)13-23-20(26)9-10-21(27)25-19-12-17(22)6-5-16(19)14-24-25/h3-8,12,14H,2,9-11,13H2,1H3,(H,23,26). The Morgan fingerprint density at radius 2 is 1.93 bits per heavy atom. The van der Waals surface area contributed by atoms with E-state index in [1.165, 1.54) is 4.68 Å². The molecule has 1 amide bonds. The Morgan fingerprint density at radius 1 is 1.14 bits per heavy atom. The molecule has 0 unspecified atom stereocenters. The topological polar surface area (TPSA) is 73.2 Å². The lowest BCUT2D eigenvalue weighted by Crippen LogP contribution is -2.24. The van der Waals surface area contributed by atoms with E-state index in [1.54, 1.807) is 24.4 Å². The van der Waals surface area contributed by atoms with Crippen LogP contribution in [-0.4, -0.2) is 28.2 Å². The second kappa shape index (κ2) is 9.37. The van der Waals surface area contributed by atoms with E-state index in [4.69, 9.17) is 16.3 Å². The van der Waals surface area contributed by atoms with E-state index in [0.29, 0.717) is 23.7 Å². The largest absolute Gasteiger partial charge is 0.494 e.